The van der Waals surface area contributed by atoms with Crippen LogP contribution in [0.4, 0.5) is 10.5 Å². The molecule has 0 saturated heterocycles. The maximum atomic E-state index is 12.0. The third kappa shape index (κ3) is 6.08. The van der Waals surface area contributed by atoms with Gasteiger partial charge >= 0.3 is 12.0 Å². The Bertz CT molecular complexity index is 760. The largest absolute Gasteiger partial charge is 0.462 e. The standard InChI is InChI=1S/C20H23ClN2O3/c1-3-4-11-26-19(24)16-7-9-17(10-8-16)23-20(25)22-13-15-6-5-14(2)18(21)12-15/h5-10,12H,3-4,11,13H2,1-2H3,(H2,22,23,25). The fourth-order valence-corrected chi connectivity index (χ4v) is 2.39. The maximum Gasteiger partial charge on any atom is 0.338 e. The number of rotatable bonds is 7. The van der Waals surface area contributed by atoms with Crippen molar-refractivity contribution in [1.82, 2.24) is 5.32 Å². The zero-order valence-electron chi connectivity index (χ0n) is 15.0. The van der Waals surface area contributed by atoms with Crippen molar-refractivity contribution in [3.05, 3.63) is 64.2 Å². The van der Waals surface area contributed by atoms with E-state index in [1.165, 1.54) is 0 Å². The Balaban J connectivity index is 1.83. The molecular formula is C20H23ClN2O3. The van der Waals surface area contributed by atoms with Crippen LogP contribution in [0.3, 0.4) is 0 Å². The van der Waals surface area contributed by atoms with E-state index >= 15 is 0 Å². The summed E-state index contributed by atoms with van der Waals surface area (Å²) >= 11 is 6.07. The van der Waals surface area contributed by atoms with Gasteiger partial charge in [0.1, 0.15) is 0 Å². The van der Waals surface area contributed by atoms with Gasteiger partial charge in [-0.1, -0.05) is 37.1 Å². The first-order chi connectivity index (χ1) is 12.5. The monoisotopic (exact) mass is 374 g/mol. The minimum Gasteiger partial charge on any atom is -0.462 e. The minimum atomic E-state index is -0.356. The molecule has 0 fully saturated rings. The number of amides is 2. The second kappa shape index (κ2) is 9.82. The number of ether oxygens (including phenoxy) is 1. The van der Waals surface area contributed by atoms with E-state index in [2.05, 4.69) is 10.6 Å². The van der Waals surface area contributed by atoms with Crippen molar-refractivity contribution in [2.75, 3.05) is 11.9 Å². The predicted molar refractivity (Wildman–Crippen MR) is 104 cm³/mol. The summed E-state index contributed by atoms with van der Waals surface area (Å²) in [4.78, 5) is 23.8. The van der Waals surface area contributed by atoms with Crippen LogP contribution in [0.1, 0.15) is 41.3 Å². The summed E-state index contributed by atoms with van der Waals surface area (Å²) < 4.78 is 5.15. The maximum absolute atomic E-state index is 12.0. The van der Waals surface area contributed by atoms with Crippen LogP contribution in [0.5, 0.6) is 0 Å². The van der Waals surface area contributed by atoms with Gasteiger partial charge in [0.15, 0.2) is 0 Å². The fourth-order valence-electron chi connectivity index (χ4n) is 2.19. The summed E-state index contributed by atoms with van der Waals surface area (Å²) in [5, 5.41) is 6.16. The highest BCUT2D eigenvalue weighted by Crippen LogP contribution is 2.16. The quantitative estimate of drug-likeness (QED) is 0.533. The number of anilines is 1. The lowest BCUT2D eigenvalue weighted by Crippen LogP contribution is -2.28. The van der Waals surface area contributed by atoms with Gasteiger partial charge in [0.05, 0.1) is 12.2 Å². The Kier molecular flexibility index (Phi) is 7.48. The molecule has 0 aliphatic heterocycles. The van der Waals surface area contributed by atoms with E-state index in [0.29, 0.717) is 29.4 Å². The first kappa shape index (κ1) is 19.8. The van der Waals surface area contributed by atoms with Gasteiger partial charge < -0.3 is 15.4 Å². The first-order valence-electron chi connectivity index (χ1n) is 8.56. The van der Waals surface area contributed by atoms with Crippen molar-refractivity contribution in [2.24, 2.45) is 0 Å². The van der Waals surface area contributed by atoms with E-state index in [1.54, 1.807) is 24.3 Å². The third-order valence-electron chi connectivity index (χ3n) is 3.80. The van der Waals surface area contributed by atoms with E-state index in [4.69, 9.17) is 16.3 Å². The second-order valence-corrected chi connectivity index (χ2v) is 6.37. The molecule has 0 atom stereocenters. The molecule has 2 N–H and O–H groups in total. The number of aryl methyl sites for hydroxylation is 1. The van der Waals surface area contributed by atoms with Crippen molar-refractivity contribution >= 4 is 29.3 Å². The smallest absolute Gasteiger partial charge is 0.338 e. The van der Waals surface area contributed by atoms with Crippen molar-refractivity contribution in [1.29, 1.82) is 0 Å². The number of nitrogens with one attached hydrogen (secondary N) is 2. The molecule has 0 saturated carbocycles. The third-order valence-corrected chi connectivity index (χ3v) is 4.21. The van der Waals surface area contributed by atoms with Crippen LogP contribution in [0.25, 0.3) is 0 Å². The number of unbranched alkanes of at least 4 members (excludes halogenated alkanes) is 1. The van der Waals surface area contributed by atoms with Gasteiger partial charge in [0.25, 0.3) is 0 Å². The average Bonchev–Trinajstić information content (AvgIpc) is 2.63. The molecule has 0 spiro atoms. The molecule has 2 aromatic rings. The Morgan fingerprint density at radius 1 is 1.12 bits per heavy atom. The zero-order chi connectivity index (χ0) is 18.9. The highest BCUT2D eigenvalue weighted by Gasteiger charge is 2.08. The van der Waals surface area contributed by atoms with E-state index in [0.717, 1.165) is 24.0 Å². The lowest BCUT2D eigenvalue weighted by molar-refractivity contribution is 0.0500. The van der Waals surface area contributed by atoms with Crippen LogP contribution in [0.15, 0.2) is 42.5 Å². The summed E-state index contributed by atoms with van der Waals surface area (Å²) in [5.41, 5.74) is 2.96. The van der Waals surface area contributed by atoms with Gasteiger partial charge in [-0.25, -0.2) is 9.59 Å². The molecule has 2 aromatic carbocycles. The zero-order valence-corrected chi connectivity index (χ0v) is 15.7. The van der Waals surface area contributed by atoms with Crippen molar-refractivity contribution < 1.29 is 14.3 Å². The molecule has 0 aromatic heterocycles. The van der Waals surface area contributed by atoms with Crippen molar-refractivity contribution in [2.45, 2.75) is 33.2 Å². The van der Waals surface area contributed by atoms with Gasteiger partial charge in [-0.15, -0.1) is 0 Å². The lowest BCUT2D eigenvalue weighted by Gasteiger charge is -2.09. The number of hydrogen-bond donors (Lipinski definition) is 2. The first-order valence-corrected chi connectivity index (χ1v) is 8.94. The minimum absolute atomic E-state index is 0.333. The normalized spacial score (nSPS) is 10.3. The van der Waals surface area contributed by atoms with Gasteiger partial charge in [-0.3, -0.25) is 0 Å². The molecule has 0 aliphatic rings. The van der Waals surface area contributed by atoms with Gasteiger partial charge in [0, 0.05) is 17.3 Å². The van der Waals surface area contributed by atoms with Gasteiger partial charge in [-0.05, 0) is 54.8 Å². The second-order valence-electron chi connectivity index (χ2n) is 5.96. The number of hydrogen-bond acceptors (Lipinski definition) is 3. The molecule has 0 aliphatic carbocycles. The topological polar surface area (TPSA) is 67.4 Å². The summed E-state index contributed by atoms with van der Waals surface area (Å²) in [7, 11) is 0. The number of esters is 1. The Hall–Kier alpha value is -2.53. The van der Waals surface area contributed by atoms with Crippen molar-refractivity contribution in [3.8, 4) is 0 Å². The average molecular weight is 375 g/mol. The summed E-state index contributed by atoms with van der Waals surface area (Å²) in [6.07, 6.45) is 1.82. The number of carbonyl (C=O) groups excluding carboxylic acids is 2. The van der Waals surface area contributed by atoms with Gasteiger partial charge in [0.2, 0.25) is 0 Å². The van der Waals surface area contributed by atoms with E-state index in [-0.39, 0.29) is 12.0 Å². The molecule has 2 rings (SSSR count). The molecule has 138 valence electrons. The van der Waals surface area contributed by atoms with Crippen LogP contribution in [0, 0.1) is 6.92 Å². The molecule has 0 bridgehead atoms. The fraction of sp³-hybridized carbons (Fsp3) is 0.300. The Labute approximate surface area is 158 Å². The highest BCUT2D eigenvalue weighted by molar-refractivity contribution is 6.31. The molecule has 0 radical (unpaired) electrons. The van der Waals surface area contributed by atoms with Crippen LogP contribution < -0.4 is 10.6 Å². The predicted octanol–water partition coefficient (Wildman–Crippen LogP) is 4.93. The molecule has 26 heavy (non-hydrogen) atoms. The number of benzene rings is 2. The number of halogens is 1. The Morgan fingerprint density at radius 3 is 2.50 bits per heavy atom. The number of urea groups is 1. The molecule has 0 heterocycles. The van der Waals surface area contributed by atoms with Gasteiger partial charge in [-0.2, -0.15) is 0 Å². The van der Waals surface area contributed by atoms with E-state index in [9.17, 15) is 9.59 Å². The van der Waals surface area contributed by atoms with Crippen LogP contribution in [0.2, 0.25) is 5.02 Å². The SMILES string of the molecule is CCCCOC(=O)c1ccc(NC(=O)NCc2ccc(C)c(Cl)c2)cc1. The van der Waals surface area contributed by atoms with Crippen LogP contribution in [-0.2, 0) is 11.3 Å². The molecular weight excluding hydrogens is 352 g/mol. The summed E-state index contributed by atoms with van der Waals surface area (Å²) in [6.45, 7) is 4.75. The van der Waals surface area contributed by atoms with E-state index in [1.807, 2.05) is 32.0 Å². The van der Waals surface area contributed by atoms with Crippen LogP contribution >= 0.6 is 11.6 Å². The molecule has 2 amide bonds. The highest BCUT2D eigenvalue weighted by atomic mass is 35.5. The van der Waals surface area contributed by atoms with E-state index < -0.39 is 0 Å². The molecule has 6 heteroatoms. The molecule has 0 unspecified atom stereocenters. The van der Waals surface area contributed by atoms with Crippen molar-refractivity contribution in [3.63, 3.8) is 0 Å². The molecule has 5 nitrogen and oxygen atoms in total. The Morgan fingerprint density at radius 2 is 1.85 bits per heavy atom. The number of carbonyl (C=O) groups is 2. The summed E-state index contributed by atoms with van der Waals surface area (Å²) in [6, 6.07) is 11.9. The lowest BCUT2D eigenvalue weighted by atomic mass is 10.1. The summed E-state index contributed by atoms with van der Waals surface area (Å²) in [5.74, 6) is -0.356. The van der Waals surface area contributed by atoms with Crippen LogP contribution in [-0.4, -0.2) is 18.6 Å².